The van der Waals surface area contributed by atoms with Crippen LogP contribution in [0.1, 0.15) is 43.8 Å². The highest BCUT2D eigenvalue weighted by Gasteiger charge is 2.21. The molecule has 1 aromatic heterocycles. The molecule has 1 aromatic carbocycles. The zero-order chi connectivity index (χ0) is 17.3. The number of aryl methyl sites for hydroxylation is 1. The summed E-state index contributed by atoms with van der Waals surface area (Å²) in [5.74, 6) is -0.905. The number of thiophene rings is 1. The largest absolute Gasteiger partial charge is 0.465 e. The van der Waals surface area contributed by atoms with E-state index in [1.54, 1.807) is 0 Å². The lowest BCUT2D eigenvalue weighted by Gasteiger charge is -2.16. The van der Waals surface area contributed by atoms with Gasteiger partial charge in [-0.25, -0.2) is 9.18 Å². The van der Waals surface area contributed by atoms with Gasteiger partial charge in [-0.15, -0.1) is 11.3 Å². The number of fused-ring (bicyclic) bond motifs is 1. The van der Waals surface area contributed by atoms with Gasteiger partial charge in [-0.05, 0) is 55.0 Å². The normalized spacial score (nSPS) is 16.4. The predicted octanol–water partition coefficient (Wildman–Crippen LogP) is 4.05. The molecule has 1 aliphatic carbocycles. The maximum atomic E-state index is 13.9. The fourth-order valence-corrected chi connectivity index (χ4v) is 3.97. The molecule has 1 N–H and O–H groups in total. The van der Waals surface area contributed by atoms with Crippen LogP contribution < -0.4 is 5.32 Å². The number of ether oxygens (including phenoxy) is 1. The fourth-order valence-electron chi connectivity index (χ4n) is 2.87. The number of methoxy groups -OCH3 is 1. The van der Waals surface area contributed by atoms with Gasteiger partial charge >= 0.3 is 5.97 Å². The number of esters is 1. The van der Waals surface area contributed by atoms with E-state index in [0.29, 0.717) is 10.8 Å². The molecule has 1 amide bonds. The van der Waals surface area contributed by atoms with Gasteiger partial charge in [0.25, 0.3) is 5.91 Å². The zero-order valence-electron chi connectivity index (χ0n) is 13.5. The molecule has 0 aliphatic heterocycles. The first kappa shape index (κ1) is 16.6. The van der Waals surface area contributed by atoms with Crippen LogP contribution in [-0.2, 0) is 17.6 Å². The number of carbonyl (C=O) groups excluding carboxylic acids is 2. The topological polar surface area (TPSA) is 55.4 Å². The van der Waals surface area contributed by atoms with Crippen LogP contribution >= 0.6 is 11.3 Å². The number of hydrogen-bond donors (Lipinski definition) is 1. The van der Waals surface area contributed by atoms with E-state index in [9.17, 15) is 14.0 Å². The number of nitrogens with one attached hydrogen (secondary N) is 1. The third kappa shape index (κ3) is 3.33. The van der Waals surface area contributed by atoms with Crippen molar-refractivity contribution >= 4 is 28.9 Å². The Bertz CT molecular complexity index is 800. The molecule has 4 nitrogen and oxygen atoms in total. The second-order valence-corrected chi connectivity index (χ2v) is 7.18. The van der Waals surface area contributed by atoms with Crippen molar-refractivity contribution < 1.29 is 18.7 Å². The molecule has 1 heterocycles. The summed E-state index contributed by atoms with van der Waals surface area (Å²) >= 11 is 1.46. The Kier molecular flexibility index (Phi) is 4.66. The smallest absolute Gasteiger partial charge is 0.337 e. The molecule has 1 atom stereocenters. The summed E-state index contributed by atoms with van der Waals surface area (Å²) in [5.41, 5.74) is 1.38. The van der Waals surface area contributed by atoms with E-state index in [1.165, 1.54) is 41.0 Å². The van der Waals surface area contributed by atoms with Crippen molar-refractivity contribution in [3.63, 3.8) is 0 Å². The lowest BCUT2D eigenvalue weighted by molar-refractivity contribution is 0.0600. The number of hydrogen-bond acceptors (Lipinski definition) is 4. The van der Waals surface area contributed by atoms with Crippen molar-refractivity contribution in [3.8, 4) is 0 Å². The fraction of sp³-hybridized carbons (Fsp3) is 0.333. The first-order chi connectivity index (χ1) is 11.5. The van der Waals surface area contributed by atoms with Crippen LogP contribution in [0.25, 0.3) is 0 Å². The number of anilines is 1. The zero-order valence-corrected chi connectivity index (χ0v) is 14.3. The van der Waals surface area contributed by atoms with Crippen LogP contribution in [-0.4, -0.2) is 19.0 Å². The standard InChI is InChI=1S/C18H18FNO3S/c1-10-3-6-15-12(7-10)9-16(24-15)17(21)20-14-8-11(18(22)23-2)4-5-13(14)19/h4-5,8-10H,3,6-7H2,1-2H3,(H,20,21). The molecule has 0 saturated heterocycles. The third-order valence-electron chi connectivity index (χ3n) is 4.19. The van der Waals surface area contributed by atoms with E-state index in [1.807, 2.05) is 6.07 Å². The Morgan fingerprint density at radius 3 is 2.88 bits per heavy atom. The van der Waals surface area contributed by atoms with Crippen LogP contribution in [0.3, 0.4) is 0 Å². The first-order valence-corrected chi connectivity index (χ1v) is 8.60. The van der Waals surface area contributed by atoms with Crippen molar-refractivity contribution in [2.24, 2.45) is 5.92 Å². The Balaban J connectivity index is 1.81. The summed E-state index contributed by atoms with van der Waals surface area (Å²) in [5, 5.41) is 2.55. The summed E-state index contributed by atoms with van der Waals surface area (Å²) in [6, 6.07) is 5.65. The quantitative estimate of drug-likeness (QED) is 0.852. The summed E-state index contributed by atoms with van der Waals surface area (Å²) < 4.78 is 18.5. The Hall–Kier alpha value is -2.21. The van der Waals surface area contributed by atoms with Crippen LogP contribution in [0.2, 0.25) is 0 Å². The van der Waals surface area contributed by atoms with Crippen molar-refractivity contribution in [1.82, 2.24) is 0 Å². The summed E-state index contributed by atoms with van der Waals surface area (Å²) in [6.07, 6.45) is 3.09. The van der Waals surface area contributed by atoms with Gasteiger partial charge in [-0.3, -0.25) is 4.79 Å². The van der Waals surface area contributed by atoms with Gasteiger partial charge in [0.05, 0.1) is 23.2 Å². The highest BCUT2D eigenvalue weighted by atomic mass is 32.1. The second kappa shape index (κ2) is 6.73. The maximum absolute atomic E-state index is 13.9. The Morgan fingerprint density at radius 1 is 1.33 bits per heavy atom. The lowest BCUT2D eigenvalue weighted by Crippen LogP contribution is -2.12. The van der Waals surface area contributed by atoms with Gasteiger partial charge in [0.15, 0.2) is 0 Å². The number of rotatable bonds is 3. The van der Waals surface area contributed by atoms with Crippen molar-refractivity contribution in [2.75, 3.05) is 12.4 Å². The molecule has 3 rings (SSSR count). The van der Waals surface area contributed by atoms with Crippen LogP contribution in [0, 0.1) is 11.7 Å². The second-order valence-electron chi connectivity index (χ2n) is 6.05. The molecule has 0 fully saturated rings. The average Bonchev–Trinajstić information content (AvgIpc) is 2.99. The van der Waals surface area contributed by atoms with E-state index in [4.69, 9.17) is 0 Å². The average molecular weight is 347 g/mol. The molecule has 6 heteroatoms. The van der Waals surface area contributed by atoms with Crippen molar-refractivity contribution in [1.29, 1.82) is 0 Å². The van der Waals surface area contributed by atoms with E-state index in [0.717, 1.165) is 25.3 Å². The number of benzene rings is 1. The summed E-state index contributed by atoms with van der Waals surface area (Å²) in [7, 11) is 1.25. The van der Waals surface area contributed by atoms with Crippen LogP contribution in [0.5, 0.6) is 0 Å². The number of amides is 1. The molecule has 1 unspecified atom stereocenters. The molecule has 1 aliphatic rings. The lowest BCUT2D eigenvalue weighted by atomic mass is 9.90. The minimum atomic E-state index is -0.592. The van der Waals surface area contributed by atoms with E-state index >= 15 is 0 Å². The third-order valence-corrected chi connectivity index (χ3v) is 5.42. The molecule has 126 valence electrons. The molecule has 0 radical (unpaired) electrons. The molecule has 0 bridgehead atoms. The molecular weight excluding hydrogens is 329 g/mol. The minimum absolute atomic E-state index is 0.0253. The first-order valence-electron chi connectivity index (χ1n) is 7.78. The van der Waals surface area contributed by atoms with Crippen molar-refractivity contribution in [2.45, 2.75) is 26.2 Å². The Labute approximate surface area is 143 Å². The molecular formula is C18H18FNO3S. The highest BCUT2D eigenvalue weighted by molar-refractivity contribution is 7.14. The van der Waals surface area contributed by atoms with E-state index in [-0.39, 0.29) is 17.2 Å². The maximum Gasteiger partial charge on any atom is 0.337 e. The van der Waals surface area contributed by atoms with Gasteiger partial charge in [0.2, 0.25) is 0 Å². The van der Waals surface area contributed by atoms with Crippen LogP contribution in [0.4, 0.5) is 10.1 Å². The monoisotopic (exact) mass is 347 g/mol. The molecule has 0 saturated carbocycles. The minimum Gasteiger partial charge on any atom is -0.465 e. The molecule has 2 aromatic rings. The SMILES string of the molecule is COC(=O)c1ccc(F)c(NC(=O)c2cc3c(s2)CCC(C)C3)c1. The van der Waals surface area contributed by atoms with Gasteiger partial charge in [-0.1, -0.05) is 6.92 Å². The van der Waals surface area contributed by atoms with Gasteiger partial charge in [0, 0.05) is 4.88 Å². The number of halogens is 1. The number of carbonyl (C=O) groups is 2. The summed E-state index contributed by atoms with van der Waals surface area (Å²) in [6.45, 7) is 2.20. The summed E-state index contributed by atoms with van der Waals surface area (Å²) in [4.78, 5) is 25.8. The van der Waals surface area contributed by atoms with E-state index in [2.05, 4.69) is 17.0 Å². The Morgan fingerprint density at radius 2 is 2.12 bits per heavy atom. The highest BCUT2D eigenvalue weighted by Crippen LogP contribution is 2.32. The van der Waals surface area contributed by atoms with Crippen LogP contribution in [0.15, 0.2) is 24.3 Å². The van der Waals surface area contributed by atoms with Crippen molar-refractivity contribution in [3.05, 3.63) is 51.0 Å². The van der Waals surface area contributed by atoms with Gasteiger partial charge < -0.3 is 10.1 Å². The van der Waals surface area contributed by atoms with E-state index < -0.39 is 11.8 Å². The van der Waals surface area contributed by atoms with Gasteiger partial charge in [0.1, 0.15) is 5.82 Å². The molecule has 24 heavy (non-hydrogen) atoms. The molecule has 0 spiro atoms. The van der Waals surface area contributed by atoms with Gasteiger partial charge in [-0.2, -0.15) is 0 Å². The predicted molar refractivity (Wildman–Crippen MR) is 91.2 cm³/mol.